The van der Waals surface area contributed by atoms with Gasteiger partial charge < -0.3 is 5.11 Å². The average Bonchev–Trinajstić information content (AvgIpc) is 2.10. The summed E-state index contributed by atoms with van der Waals surface area (Å²) in [4.78, 5) is 0. The summed E-state index contributed by atoms with van der Waals surface area (Å²) >= 11 is 3.14. The zero-order valence-corrected chi connectivity index (χ0v) is 8.84. The lowest BCUT2D eigenvalue weighted by atomic mass is 10.1. The Kier molecular flexibility index (Phi) is 2.11. The molecule has 0 fully saturated rings. The Hall–Kier alpha value is -1.23. The van der Waals surface area contributed by atoms with Crippen LogP contribution in [0.4, 0.5) is 4.39 Å². The zero-order chi connectivity index (χ0) is 10.3. The summed E-state index contributed by atoms with van der Waals surface area (Å²) < 4.78 is 14.0. The summed E-state index contributed by atoms with van der Waals surface area (Å²) in [7, 11) is 0. The van der Waals surface area contributed by atoms with Gasteiger partial charge in [0.05, 0.1) is 11.1 Å². The second-order valence-corrected chi connectivity index (χ2v) is 3.83. The van der Waals surface area contributed by atoms with Crippen LogP contribution in [0.1, 0.15) is 5.69 Å². The highest BCUT2D eigenvalue weighted by Gasteiger charge is 2.10. The third kappa shape index (κ3) is 1.33. The number of rotatable bonds is 0. The van der Waals surface area contributed by atoms with Crippen LogP contribution < -0.4 is 0 Å². The molecule has 0 aliphatic carbocycles. The first-order chi connectivity index (χ1) is 6.59. The molecule has 1 aromatic heterocycles. The average molecular weight is 257 g/mol. The SMILES string of the molecule is Cc1nnc(O)c2cc(Br)cc(F)c12. The van der Waals surface area contributed by atoms with Crippen LogP contribution in [0, 0.1) is 12.7 Å². The topological polar surface area (TPSA) is 46.0 Å². The molecule has 5 heteroatoms. The van der Waals surface area contributed by atoms with Gasteiger partial charge in [-0.3, -0.25) is 0 Å². The van der Waals surface area contributed by atoms with E-state index >= 15 is 0 Å². The van der Waals surface area contributed by atoms with Crippen molar-refractivity contribution in [2.24, 2.45) is 0 Å². The van der Waals surface area contributed by atoms with E-state index < -0.39 is 5.82 Å². The summed E-state index contributed by atoms with van der Waals surface area (Å²) in [5.41, 5.74) is 0.461. The van der Waals surface area contributed by atoms with Crippen molar-refractivity contribution in [3.8, 4) is 5.88 Å². The predicted molar refractivity (Wildman–Crippen MR) is 53.6 cm³/mol. The summed E-state index contributed by atoms with van der Waals surface area (Å²) in [6.45, 7) is 1.64. The van der Waals surface area contributed by atoms with Crippen LogP contribution in [-0.4, -0.2) is 15.3 Å². The zero-order valence-electron chi connectivity index (χ0n) is 7.25. The van der Waals surface area contributed by atoms with E-state index in [4.69, 9.17) is 0 Å². The number of fused-ring (bicyclic) bond motifs is 1. The number of halogens is 2. The standard InChI is InChI=1S/C9H6BrFN2O/c1-4-8-6(9(14)13-12-4)2-5(10)3-7(8)11/h2-3H,1H3,(H,13,14). The van der Waals surface area contributed by atoms with E-state index in [0.717, 1.165) is 0 Å². The van der Waals surface area contributed by atoms with E-state index in [1.807, 2.05) is 0 Å². The molecular formula is C9H6BrFN2O. The Morgan fingerprint density at radius 2 is 2.07 bits per heavy atom. The van der Waals surface area contributed by atoms with Crippen LogP contribution in [0.5, 0.6) is 5.88 Å². The van der Waals surface area contributed by atoms with Gasteiger partial charge in [0.25, 0.3) is 0 Å². The van der Waals surface area contributed by atoms with Crippen LogP contribution in [0.3, 0.4) is 0 Å². The van der Waals surface area contributed by atoms with Gasteiger partial charge in [0.1, 0.15) is 5.82 Å². The van der Waals surface area contributed by atoms with Crippen molar-refractivity contribution in [1.29, 1.82) is 0 Å². The molecule has 0 aliphatic rings. The summed E-state index contributed by atoms with van der Waals surface area (Å²) in [6.07, 6.45) is 0. The molecule has 1 N–H and O–H groups in total. The minimum absolute atomic E-state index is 0.259. The normalized spacial score (nSPS) is 10.8. The van der Waals surface area contributed by atoms with Crippen molar-refractivity contribution in [3.05, 3.63) is 28.1 Å². The number of nitrogens with zero attached hydrogens (tertiary/aromatic N) is 2. The van der Waals surface area contributed by atoms with Crippen LogP contribution in [0.25, 0.3) is 10.8 Å². The lowest BCUT2D eigenvalue weighted by Crippen LogP contribution is -1.92. The Morgan fingerprint density at radius 3 is 2.79 bits per heavy atom. The minimum atomic E-state index is -0.419. The van der Waals surface area contributed by atoms with Gasteiger partial charge in [-0.05, 0) is 19.1 Å². The van der Waals surface area contributed by atoms with E-state index in [1.165, 1.54) is 6.07 Å². The highest BCUT2D eigenvalue weighted by Crippen LogP contribution is 2.29. The van der Waals surface area contributed by atoms with E-state index in [9.17, 15) is 9.50 Å². The van der Waals surface area contributed by atoms with Crippen molar-refractivity contribution >= 4 is 26.7 Å². The molecule has 0 atom stereocenters. The number of aryl methyl sites for hydroxylation is 1. The lowest BCUT2D eigenvalue weighted by Gasteiger charge is -2.03. The largest absolute Gasteiger partial charge is 0.492 e. The Balaban J connectivity index is 3.00. The van der Waals surface area contributed by atoms with Crippen molar-refractivity contribution in [1.82, 2.24) is 10.2 Å². The molecule has 0 bridgehead atoms. The Labute approximate surface area is 87.7 Å². The number of aromatic nitrogens is 2. The molecule has 0 aliphatic heterocycles. The maximum absolute atomic E-state index is 13.5. The fourth-order valence-electron chi connectivity index (χ4n) is 1.34. The molecule has 0 spiro atoms. The molecule has 1 aromatic carbocycles. The van der Waals surface area contributed by atoms with Gasteiger partial charge in [-0.1, -0.05) is 15.9 Å². The molecular weight excluding hydrogens is 251 g/mol. The Bertz CT molecular complexity index is 516. The maximum Gasteiger partial charge on any atom is 0.239 e. The fourth-order valence-corrected chi connectivity index (χ4v) is 1.77. The molecule has 0 amide bonds. The minimum Gasteiger partial charge on any atom is -0.492 e. The third-order valence-electron chi connectivity index (χ3n) is 1.95. The highest BCUT2D eigenvalue weighted by molar-refractivity contribution is 9.10. The molecule has 0 radical (unpaired) electrons. The van der Waals surface area contributed by atoms with Crippen molar-refractivity contribution in [3.63, 3.8) is 0 Å². The van der Waals surface area contributed by atoms with Crippen molar-refractivity contribution in [2.45, 2.75) is 6.92 Å². The second kappa shape index (κ2) is 3.16. The Morgan fingerprint density at radius 1 is 1.36 bits per heavy atom. The molecule has 0 unspecified atom stereocenters. The molecule has 14 heavy (non-hydrogen) atoms. The van der Waals surface area contributed by atoms with E-state index in [0.29, 0.717) is 20.9 Å². The van der Waals surface area contributed by atoms with Gasteiger partial charge in [-0.2, -0.15) is 5.10 Å². The van der Waals surface area contributed by atoms with Crippen molar-refractivity contribution < 1.29 is 9.50 Å². The van der Waals surface area contributed by atoms with Crippen LogP contribution >= 0.6 is 15.9 Å². The quantitative estimate of drug-likeness (QED) is 0.788. The lowest BCUT2D eigenvalue weighted by molar-refractivity contribution is 0.451. The highest BCUT2D eigenvalue weighted by atomic mass is 79.9. The van der Waals surface area contributed by atoms with Crippen molar-refractivity contribution in [2.75, 3.05) is 0 Å². The first-order valence-corrected chi connectivity index (χ1v) is 4.70. The van der Waals surface area contributed by atoms with Gasteiger partial charge in [-0.15, -0.1) is 5.10 Å². The summed E-state index contributed by atoms with van der Waals surface area (Å²) in [5.74, 6) is -0.678. The molecule has 2 rings (SSSR count). The smallest absolute Gasteiger partial charge is 0.239 e. The molecule has 72 valence electrons. The number of hydrogen-bond donors (Lipinski definition) is 1. The molecule has 0 saturated heterocycles. The molecule has 1 heterocycles. The molecule has 3 nitrogen and oxygen atoms in total. The van der Waals surface area contributed by atoms with Crippen LogP contribution in [0.15, 0.2) is 16.6 Å². The summed E-state index contributed by atoms with van der Waals surface area (Å²) in [5, 5.41) is 17.2. The van der Waals surface area contributed by atoms with Gasteiger partial charge in [0, 0.05) is 9.86 Å². The molecule has 2 aromatic rings. The third-order valence-corrected chi connectivity index (χ3v) is 2.41. The van der Waals surface area contributed by atoms with Crippen LogP contribution in [0.2, 0.25) is 0 Å². The number of hydrogen-bond acceptors (Lipinski definition) is 3. The fraction of sp³-hybridized carbons (Fsp3) is 0.111. The molecule has 0 saturated carbocycles. The maximum atomic E-state index is 13.5. The first-order valence-electron chi connectivity index (χ1n) is 3.90. The van der Waals surface area contributed by atoms with E-state index in [2.05, 4.69) is 26.1 Å². The summed E-state index contributed by atoms with van der Waals surface area (Å²) in [6, 6.07) is 2.94. The van der Waals surface area contributed by atoms with Gasteiger partial charge >= 0.3 is 0 Å². The van der Waals surface area contributed by atoms with E-state index in [1.54, 1.807) is 13.0 Å². The predicted octanol–water partition coefficient (Wildman–Crippen LogP) is 2.55. The van der Waals surface area contributed by atoms with Crippen LogP contribution in [-0.2, 0) is 0 Å². The number of benzene rings is 1. The van der Waals surface area contributed by atoms with E-state index in [-0.39, 0.29) is 5.88 Å². The van der Waals surface area contributed by atoms with Gasteiger partial charge in [-0.25, -0.2) is 4.39 Å². The van der Waals surface area contributed by atoms with Gasteiger partial charge in [0.2, 0.25) is 5.88 Å². The number of aromatic hydroxyl groups is 1. The first kappa shape index (κ1) is 9.33. The monoisotopic (exact) mass is 256 g/mol. The van der Waals surface area contributed by atoms with Gasteiger partial charge in [0.15, 0.2) is 0 Å². The second-order valence-electron chi connectivity index (χ2n) is 2.92.